The number of amides is 1. The Bertz CT molecular complexity index is 1330. The molecule has 0 aliphatic carbocycles. The van der Waals surface area contributed by atoms with Gasteiger partial charge < -0.3 is 5.32 Å². The van der Waals surface area contributed by atoms with Crippen LogP contribution in [0.5, 0.6) is 0 Å². The third-order valence-corrected chi connectivity index (χ3v) is 6.35. The van der Waals surface area contributed by atoms with E-state index in [4.69, 9.17) is 0 Å². The average molecular weight is 454 g/mol. The first-order valence-corrected chi connectivity index (χ1v) is 11.6. The zero-order valence-electron chi connectivity index (χ0n) is 18.9. The van der Waals surface area contributed by atoms with E-state index in [0.29, 0.717) is 23.0 Å². The third-order valence-electron chi connectivity index (χ3n) is 6.35. The average Bonchev–Trinajstić information content (AvgIpc) is 2.88. The Morgan fingerprint density at radius 3 is 2.29 bits per heavy atom. The Hall–Kier alpha value is -3.84. The van der Waals surface area contributed by atoms with Gasteiger partial charge in [-0.05, 0) is 48.2 Å². The third kappa shape index (κ3) is 5.05. The molecule has 1 N–H and O–H groups in total. The van der Waals surface area contributed by atoms with Crippen molar-refractivity contribution in [3.8, 4) is 0 Å². The lowest BCUT2D eigenvalue weighted by Gasteiger charge is -2.32. The van der Waals surface area contributed by atoms with Crippen molar-refractivity contribution in [2.24, 2.45) is 0 Å². The lowest BCUT2D eigenvalue weighted by Crippen LogP contribution is -2.44. The molecule has 1 aliphatic rings. The first kappa shape index (κ1) is 22.0. The number of hydrogen-bond donors (Lipinski definition) is 1. The summed E-state index contributed by atoms with van der Waals surface area (Å²) in [4.78, 5) is 27.8. The summed E-state index contributed by atoms with van der Waals surface area (Å²) in [5, 5.41) is 11.9. The van der Waals surface area contributed by atoms with E-state index in [1.54, 1.807) is 24.3 Å². The molecule has 1 amide bonds. The molecule has 1 fully saturated rings. The van der Waals surface area contributed by atoms with Gasteiger partial charge in [-0.1, -0.05) is 59.8 Å². The predicted octanol–water partition coefficient (Wildman–Crippen LogP) is 3.23. The Labute approximate surface area is 198 Å². The molecule has 0 radical (unpaired) electrons. The molecule has 0 atom stereocenters. The zero-order chi connectivity index (χ0) is 23.3. The summed E-state index contributed by atoms with van der Waals surface area (Å²) in [5.74, 6) is -0.0595. The maximum absolute atomic E-state index is 12.8. The molecule has 34 heavy (non-hydrogen) atoms. The van der Waals surface area contributed by atoms with Crippen LogP contribution in [0.4, 0.5) is 0 Å². The van der Waals surface area contributed by atoms with Crippen LogP contribution in [0.3, 0.4) is 0 Å². The van der Waals surface area contributed by atoms with Crippen LogP contribution in [0.2, 0.25) is 0 Å². The fraction of sp³-hybridized carbons (Fsp3) is 0.259. The van der Waals surface area contributed by atoms with Crippen LogP contribution < -0.4 is 10.9 Å². The maximum Gasteiger partial charge on any atom is 0.277 e. The Kier molecular flexibility index (Phi) is 6.44. The molecule has 0 saturated carbocycles. The molecule has 1 aromatic heterocycles. The second-order valence-electron chi connectivity index (χ2n) is 8.78. The molecule has 7 heteroatoms. The van der Waals surface area contributed by atoms with Crippen molar-refractivity contribution < 1.29 is 4.79 Å². The van der Waals surface area contributed by atoms with Crippen LogP contribution in [0.1, 0.15) is 34.3 Å². The molecular formula is C27H27N5O2. The molecule has 172 valence electrons. The van der Waals surface area contributed by atoms with Crippen molar-refractivity contribution in [2.45, 2.75) is 32.0 Å². The second kappa shape index (κ2) is 9.97. The predicted molar refractivity (Wildman–Crippen MR) is 132 cm³/mol. The highest BCUT2D eigenvalue weighted by molar-refractivity contribution is 5.94. The Balaban J connectivity index is 1.16. The number of aromatic nitrogens is 3. The molecule has 0 spiro atoms. The smallest absolute Gasteiger partial charge is 0.277 e. The van der Waals surface area contributed by atoms with E-state index in [0.717, 1.165) is 38.0 Å². The zero-order valence-corrected chi connectivity index (χ0v) is 18.9. The van der Waals surface area contributed by atoms with Gasteiger partial charge >= 0.3 is 0 Å². The van der Waals surface area contributed by atoms with E-state index >= 15 is 0 Å². The van der Waals surface area contributed by atoms with Gasteiger partial charge in [0.1, 0.15) is 5.52 Å². The highest BCUT2D eigenvalue weighted by Crippen LogP contribution is 2.15. The molecule has 0 bridgehead atoms. The number of rotatable bonds is 6. The highest BCUT2D eigenvalue weighted by atomic mass is 16.1. The molecule has 1 aliphatic heterocycles. The number of likely N-dealkylation sites (tertiary alicyclic amines) is 1. The Morgan fingerprint density at radius 1 is 0.853 bits per heavy atom. The monoisotopic (exact) mass is 453 g/mol. The molecule has 1 saturated heterocycles. The minimum Gasteiger partial charge on any atom is -0.349 e. The topological polar surface area (TPSA) is 80.1 Å². The molecular weight excluding hydrogens is 426 g/mol. The van der Waals surface area contributed by atoms with Gasteiger partial charge in [-0.15, -0.1) is 5.10 Å². The fourth-order valence-corrected chi connectivity index (χ4v) is 4.41. The summed E-state index contributed by atoms with van der Waals surface area (Å²) in [6, 6.07) is 25.2. The molecule has 3 aromatic carbocycles. The minimum atomic E-state index is -0.175. The van der Waals surface area contributed by atoms with E-state index in [1.165, 1.54) is 10.2 Å². The number of nitrogens with one attached hydrogen (secondary N) is 1. The molecule has 4 aromatic rings. The van der Waals surface area contributed by atoms with Gasteiger partial charge in [-0.25, -0.2) is 4.68 Å². The van der Waals surface area contributed by atoms with Gasteiger partial charge in [0.15, 0.2) is 0 Å². The number of carbonyl (C=O) groups is 1. The van der Waals surface area contributed by atoms with Gasteiger partial charge in [0.2, 0.25) is 0 Å². The number of piperidine rings is 1. The minimum absolute atomic E-state index is 0.0595. The Morgan fingerprint density at radius 2 is 1.53 bits per heavy atom. The van der Waals surface area contributed by atoms with Crippen molar-refractivity contribution in [1.82, 2.24) is 25.2 Å². The number of fused-ring (bicyclic) bond motifs is 1. The van der Waals surface area contributed by atoms with Crippen LogP contribution in [0.25, 0.3) is 10.9 Å². The van der Waals surface area contributed by atoms with E-state index < -0.39 is 0 Å². The second-order valence-corrected chi connectivity index (χ2v) is 8.78. The van der Waals surface area contributed by atoms with E-state index in [9.17, 15) is 9.59 Å². The van der Waals surface area contributed by atoms with E-state index in [-0.39, 0.29) is 17.5 Å². The SMILES string of the molecule is O=C(NC1CCN(Cc2ccccc2)CC1)c1ccc(Cn2nnc3ccccc3c2=O)cc1. The normalized spacial score (nSPS) is 14.8. The van der Waals surface area contributed by atoms with Gasteiger partial charge in [0.05, 0.1) is 11.9 Å². The van der Waals surface area contributed by atoms with Gasteiger partial charge in [-0.3, -0.25) is 14.5 Å². The van der Waals surface area contributed by atoms with Crippen LogP contribution in [0.15, 0.2) is 83.7 Å². The maximum atomic E-state index is 12.8. The summed E-state index contributed by atoms with van der Waals surface area (Å²) in [7, 11) is 0. The van der Waals surface area contributed by atoms with Crippen molar-refractivity contribution in [3.05, 3.63) is 106 Å². The number of benzene rings is 3. The fourth-order valence-electron chi connectivity index (χ4n) is 4.41. The van der Waals surface area contributed by atoms with Gasteiger partial charge in [0.25, 0.3) is 11.5 Å². The van der Waals surface area contributed by atoms with Crippen molar-refractivity contribution in [2.75, 3.05) is 13.1 Å². The highest BCUT2D eigenvalue weighted by Gasteiger charge is 2.21. The number of carbonyl (C=O) groups excluding carboxylic acids is 1. The summed E-state index contributed by atoms with van der Waals surface area (Å²) in [6.45, 7) is 3.20. The quantitative estimate of drug-likeness (QED) is 0.485. The van der Waals surface area contributed by atoms with E-state index in [1.807, 2.05) is 30.3 Å². The van der Waals surface area contributed by atoms with Crippen molar-refractivity contribution in [3.63, 3.8) is 0 Å². The van der Waals surface area contributed by atoms with Crippen molar-refractivity contribution in [1.29, 1.82) is 0 Å². The van der Waals surface area contributed by atoms with Crippen LogP contribution in [0, 0.1) is 0 Å². The van der Waals surface area contributed by atoms with E-state index in [2.05, 4.69) is 44.8 Å². The standard InChI is InChI=1S/C27H27N5O2/c33-26(28-23-14-16-31(17-15-23)18-20-6-2-1-3-7-20)22-12-10-21(11-13-22)19-32-27(34)24-8-4-5-9-25(24)29-30-32/h1-13,23H,14-19H2,(H,28,33). The summed E-state index contributed by atoms with van der Waals surface area (Å²) >= 11 is 0. The molecule has 2 heterocycles. The number of nitrogens with zero attached hydrogens (tertiary/aromatic N) is 4. The van der Waals surface area contributed by atoms with Gasteiger partial charge in [0, 0.05) is 31.2 Å². The largest absolute Gasteiger partial charge is 0.349 e. The summed E-state index contributed by atoms with van der Waals surface area (Å²) < 4.78 is 1.35. The first-order chi connectivity index (χ1) is 16.7. The first-order valence-electron chi connectivity index (χ1n) is 11.6. The summed E-state index contributed by atoms with van der Waals surface area (Å²) in [6.07, 6.45) is 1.89. The molecule has 5 rings (SSSR count). The van der Waals surface area contributed by atoms with Crippen molar-refractivity contribution >= 4 is 16.8 Å². The van der Waals surface area contributed by atoms with Crippen LogP contribution in [-0.4, -0.2) is 44.9 Å². The van der Waals surface area contributed by atoms with Crippen LogP contribution in [-0.2, 0) is 13.1 Å². The van der Waals surface area contributed by atoms with Gasteiger partial charge in [-0.2, -0.15) is 0 Å². The lowest BCUT2D eigenvalue weighted by atomic mass is 10.0. The lowest BCUT2D eigenvalue weighted by molar-refractivity contribution is 0.0909. The molecule has 0 unspecified atom stereocenters. The summed E-state index contributed by atoms with van der Waals surface area (Å²) in [5.41, 5.74) is 3.24. The molecule has 7 nitrogen and oxygen atoms in total. The van der Waals surface area contributed by atoms with Crippen LogP contribution >= 0.6 is 0 Å². The number of hydrogen-bond acceptors (Lipinski definition) is 5.